The van der Waals surface area contributed by atoms with Crippen molar-refractivity contribution in [2.24, 2.45) is 0 Å². The van der Waals surface area contributed by atoms with Crippen LogP contribution in [0, 0.1) is 0 Å². The molecule has 3 nitrogen and oxygen atoms in total. The molecule has 1 heterocycles. The Balaban J connectivity index is 2.10. The third-order valence-electron chi connectivity index (χ3n) is 2.90. The smallest absolute Gasteiger partial charge is 0.152 e. The molecule has 0 spiro atoms. The Hall–Kier alpha value is -1.06. The van der Waals surface area contributed by atoms with Crippen molar-refractivity contribution < 1.29 is 0 Å². The molecule has 0 unspecified atom stereocenters. The molecule has 0 aliphatic heterocycles. The van der Waals surface area contributed by atoms with Crippen LogP contribution in [0.15, 0.2) is 24.3 Å². The molecule has 1 aromatic heterocycles. The first-order chi connectivity index (χ1) is 8.29. The Kier molecular flexibility index (Phi) is 2.81. The summed E-state index contributed by atoms with van der Waals surface area (Å²) in [5.41, 5.74) is 1.02. The van der Waals surface area contributed by atoms with Crippen LogP contribution in [-0.2, 0) is 5.88 Å². The molecule has 0 amide bonds. The Labute approximate surface area is 109 Å². The summed E-state index contributed by atoms with van der Waals surface area (Å²) >= 11 is 11.8. The summed E-state index contributed by atoms with van der Waals surface area (Å²) in [6.07, 6.45) is 2.38. The Morgan fingerprint density at radius 1 is 1.18 bits per heavy atom. The van der Waals surface area contributed by atoms with Crippen molar-refractivity contribution in [3.63, 3.8) is 0 Å². The van der Waals surface area contributed by atoms with Gasteiger partial charge in [0.15, 0.2) is 5.82 Å². The second kappa shape index (κ2) is 4.31. The van der Waals surface area contributed by atoms with Crippen LogP contribution in [0.2, 0.25) is 5.02 Å². The second-order valence-electron chi connectivity index (χ2n) is 4.19. The number of hydrogen-bond donors (Lipinski definition) is 0. The molecule has 17 heavy (non-hydrogen) atoms. The zero-order chi connectivity index (χ0) is 11.8. The van der Waals surface area contributed by atoms with Crippen LogP contribution in [0.1, 0.15) is 30.4 Å². The number of hydrogen-bond acceptors (Lipinski definition) is 2. The molecular weight excluding hydrogens is 257 g/mol. The predicted molar refractivity (Wildman–Crippen MR) is 67.9 cm³/mol. The summed E-state index contributed by atoms with van der Waals surface area (Å²) < 4.78 is 2.04. The van der Waals surface area contributed by atoms with E-state index in [2.05, 4.69) is 10.2 Å². The van der Waals surface area contributed by atoms with Gasteiger partial charge in [0.1, 0.15) is 5.82 Å². The van der Waals surface area contributed by atoms with Gasteiger partial charge in [0.05, 0.1) is 5.88 Å². The molecule has 0 radical (unpaired) electrons. The van der Waals surface area contributed by atoms with Crippen LogP contribution in [0.25, 0.3) is 5.69 Å². The van der Waals surface area contributed by atoms with Crippen molar-refractivity contribution in [1.29, 1.82) is 0 Å². The van der Waals surface area contributed by atoms with Crippen LogP contribution < -0.4 is 0 Å². The maximum atomic E-state index is 5.90. The summed E-state index contributed by atoms with van der Waals surface area (Å²) in [6.45, 7) is 0. The van der Waals surface area contributed by atoms with Crippen LogP contribution in [0.3, 0.4) is 0 Å². The van der Waals surface area contributed by atoms with E-state index in [-0.39, 0.29) is 0 Å². The molecule has 1 aromatic carbocycles. The SMILES string of the molecule is ClCc1nnc(C2CC2)n1-c1ccc(Cl)cc1. The molecule has 1 aliphatic rings. The average Bonchev–Trinajstić information content (AvgIpc) is 3.10. The molecule has 1 fully saturated rings. The van der Waals surface area contributed by atoms with Gasteiger partial charge in [-0.25, -0.2) is 0 Å². The maximum absolute atomic E-state index is 5.90. The summed E-state index contributed by atoms with van der Waals surface area (Å²) in [5.74, 6) is 2.71. The van der Waals surface area contributed by atoms with Crippen molar-refractivity contribution in [1.82, 2.24) is 14.8 Å². The highest BCUT2D eigenvalue weighted by Crippen LogP contribution is 2.40. The zero-order valence-electron chi connectivity index (χ0n) is 9.11. The summed E-state index contributed by atoms with van der Waals surface area (Å²) in [7, 11) is 0. The largest absolute Gasteiger partial charge is 0.282 e. The lowest BCUT2D eigenvalue weighted by Gasteiger charge is -2.08. The quantitative estimate of drug-likeness (QED) is 0.797. The molecule has 2 aromatic rings. The van der Waals surface area contributed by atoms with Gasteiger partial charge in [-0.2, -0.15) is 0 Å². The van der Waals surface area contributed by atoms with Crippen LogP contribution in [0.5, 0.6) is 0 Å². The molecular formula is C12H11Cl2N3. The fraction of sp³-hybridized carbons (Fsp3) is 0.333. The predicted octanol–water partition coefficient (Wildman–Crippen LogP) is 3.54. The standard InChI is InChI=1S/C12H11Cl2N3/c13-7-11-15-16-12(8-1-2-8)17(11)10-5-3-9(14)4-6-10/h3-6,8H,1-2,7H2. The van der Waals surface area contributed by atoms with Gasteiger partial charge in [0, 0.05) is 16.6 Å². The summed E-state index contributed by atoms with van der Waals surface area (Å²) in [6, 6.07) is 7.67. The molecule has 0 bridgehead atoms. The van der Waals surface area contributed by atoms with Gasteiger partial charge in [-0.1, -0.05) is 11.6 Å². The van der Waals surface area contributed by atoms with E-state index >= 15 is 0 Å². The second-order valence-corrected chi connectivity index (χ2v) is 4.90. The first-order valence-corrected chi connectivity index (χ1v) is 6.47. The molecule has 3 rings (SSSR count). The highest BCUT2D eigenvalue weighted by Gasteiger charge is 2.30. The number of nitrogens with zero attached hydrogens (tertiary/aromatic N) is 3. The Bertz CT molecular complexity index is 529. The summed E-state index contributed by atoms with van der Waals surface area (Å²) in [5, 5.41) is 9.11. The van der Waals surface area contributed by atoms with Crippen molar-refractivity contribution in [2.75, 3.05) is 0 Å². The molecule has 5 heteroatoms. The van der Waals surface area contributed by atoms with Crippen molar-refractivity contribution in [3.8, 4) is 5.69 Å². The molecule has 0 N–H and O–H groups in total. The van der Waals surface area contributed by atoms with Gasteiger partial charge in [-0.15, -0.1) is 21.8 Å². The van der Waals surface area contributed by atoms with Crippen molar-refractivity contribution >= 4 is 23.2 Å². The number of benzene rings is 1. The van der Waals surface area contributed by atoms with E-state index in [1.165, 1.54) is 12.8 Å². The third-order valence-corrected chi connectivity index (χ3v) is 3.39. The van der Waals surface area contributed by atoms with E-state index in [0.717, 1.165) is 22.4 Å². The monoisotopic (exact) mass is 267 g/mol. The van der Waals surface area contributed by atoms with Crippen LogP contribution in [0.4, 0.5) is 0 Å². The number of rotatable bonds is 3. The minimum Gasteiger partial charge on any atom is -0.282 e. The molecule has 0 atom stereocenters. The van der Waals surface area contributed by atoms with Gasteiger partial charge in [-0.05, 0) is 37.1 Å². The molecule has 1 saturated carbocycles. The van der Waals surface area contributed by atoms with Crippen molar-refractivity contribution in [2.45, 2.75) is 24.6 Å². The summed E-state index contributed by atoms with van der Waals surface area (Å²) in [4.78, 5) is 0. The lowest BCUT2D eigenvalue weighted by atomic mass is 10.3. The van der Waals surface area contributed by atoms with E-state index in [1.54, 1.807) is 0 Å². The van der Waals surface area contributed by atoms with Crippen LogP contribution in [-0.4, -0.2) is 14.8 Å². The Morgan fingerprint density at radius 3 is 2.47 bits per heavy atom. The Morgan fingerprint density at radius 2 is 1.88 bits per heavy atom. The van der Waals surface area contributed by atoms with E-state index in [4.69, 9.17) is 23.2 Å². The van der Waals surface area contributed by atoms with Gasteiger partial charge >= 0.3 is 0 Å². The van der Waals surface area contributed by atoms with E-state index in [0.29, 0.717) is 11.8 Å². The number of alkyl halides is 1. The topological polar surface area (TPSA) is 30.7 Å². The first-order valence-electron chi connectivity index (χ1n) is 5.55. The number of aromatic nitrogens is 3. The van der Waals surface area contributed by atoms with E-state index < -0.39 is 0 Å². The minimum absolute atomic E-state index is 0.363. The third kappa shape index (κ3) is 2.05. The molecule has 0 saturated heterocycles. The van der Waals surface area contributed by atoms with Gasteiger partial charge < -0.3 is 0 Å². The minimum atomic E-state index is 0.363. The normalized spacial score (nSPS) is 15.2. The zero-order valence-corrected chi connectivity index (χ0v) is 10.6. The van der Waals surface area contributed by atoms with Gasteiger partial charge in [0.2, 0.25) is 0 Å². The van der Waals surface area contributed by atoms with E-state index in [9.17, 15) is 0 Å². The highest BCUT2D eigenvalue weighted by atomic mass is 35.5. The fourth-order valence-electron chi connectivity index (χ4n) is 1.89. The molecule has 88 valence electrons. The van der Waals surface area contributed by atoms with Gasteiger partial charge in [-0.3, -0.25) is 4.57 Å². The van der Waals surface area contributed by atoms with Gasteiger partial charge in [0.25, 0.3) is 0 Å². The van der Waals surface area contributed by atoms with Crippen molar-refractivity contribution in [3.05, 3.63) is 40.9 Å². The maximum Gasteiger partial charge on any atom is 0.152 e. The first kappa shape index (κ1) is 11.1. The van der Waals surface area contributed by atoms with E-state index in [1.807, 2.05) is 28.8 Å². The average molecular weight is 268 g/mol. The number of halogens is 2. The van der Waals surface area contributed by atoms with Crippen LogP contribution >= 0.6 is 23.2 Å². The lowest BCUT2D eigenvalue weighted by Crippen LogP contribution is -2.03. The highest BCUT2D eigenvalue weighted by molar-refractivity contribution is 6.30. The molecule has 1 aliphatic carbocycles. The fourth-order valence-corrected chi connectivity index (χ4v) is 2.19. The lowest BCUT2D eigenvalue weighted by molar-refractivity contribution is 0.857.